The molecule has 2 aromatic rings. The summed E-state index contributed by atoms with van der Waals surface area (Å²) in [5, 5.41) is 10.5. The molecular formula is C12H17N5O. The molecule has 0 radical (unpaired) electrons. The minimum atomic E-state index is 0.609. The molecule has 2 aromatic heterocycles. The molecule has 0 unspecified atom stereocenters. The molecule has 0 bridgehead atoms. The van der Waals surface area contributed by atoms with E-state index >= 15 is 0 Å². The lowest BCUT2D eigenvalue weighted by Gasteiger charge is -2.10. The van der Waals surface area contributed by atoms with Gasteiger partial charge in [-0.3, -0.25) is 9.67 Å². The van der Waals surface area contributed by atoms with Crippen molar-refractivity contribution in [3.05, 3.63) is 42.1 Å². The van der Waals surface area contributed by atoms with Crippen LogP contribution >= 0.6 is 0 Å². The highest BCUT2D eigenvalue weighted by atomic mass is 16.3. The first kappa shape index (κ1) is 12.2. The Morgan fingerprint density at radius 2 is 2.22 bits per heavy atom. The number of hydrogen-bond donors (Lipinski definition) is 2. The van der Waals surface area contributed by atoms with Gasteiger partial charge < -0.3 is 15.1 Å². The van der Waals surface area contributed by atoms with Crippen LogP contribution in [0.25, 0.3) is 0 Å². The molecule has 6 nitrogen and oxygen atoms in total. The smallest absolute Gasteiger partial charge is 0.191 e. The summed E-state index contributed by atoms with van der Waals surface area (Å²) in [7, 11) is 3.65. The van der Waals surface area contributed by atoms with Crippen molar-refractivity contribution >= 4 is 5.96 Å². The SMILES string of the molecule is CN=C(NCc1ccco1)NCc1ccnn1C. The maximum Gasteiger partial charge on any atom is 0.191 e. The van der Waals surface area contributed by atoms with Crippen molar-refractivity contribution < 1.29 is 4.42 Å². The number of nitrogens with one attached hydrogen (secondary N) is 2. The molecule has 0 saturated carbocycles. The van der Waals surface area contributed by atoms with Gasteiger partial charge in [0.2, 0.25) is 0 Å². The van der Waals surface area contributed by atoms with Gasteiger partial charge in [-0.05, 0) is 18.2 Å². The molecule has 2 heterocycles. The molecule has 6 heteroatoms. The van der Waals surface area contributed by atoms with Gasteiger partial charge >= 0.3 is 0 Å². The molecule has 0 saturated heterocycles. The second-order valence-corrected chi connectivity index (χ2v) is 3.80. The van der Waals surface area contributed by atoms with E-state index in [-0.39, 0.29) is 0 Å². The Labute approximate surface area is 106 Å². The van der Waals surface area contributed by atoms with E-state index in [0.29, 0.717) is 13.1 Å². The molecule has 0 aliphatic rings. The first-order valence-electron chi connectivity index (χ1n) is 5.73. The van der Waals surface area contributed by atoms with Gasteiger partial charge in [0.15, 0.2) is 5.96 Å². The first-order chi connectivity index (χ1) is 8.79. The molecule has 0 aliphatic heterocycles. The molecule has 0 aromatic carbocycles. The lowest BCUT2D eigenvalue weighted by atomic mass is 10.4. The highest BCUT2D eigenvalue weighted by Gasteiger charge is 2.02. The summed E-state index contributed by atoms with van der Waals surface area (Å²) in [6, 6.07) is 5.75. The van der Waals surface area contributed by atoms with Crippen LogP contribution in [0.4, 0.5) is 0 Å². The number of furan rings is 1. The van der Waals surface area contributed by atoms with Crippen molar-refractivity contribution in [1.29, 1.82) is 0 Å². The summed E-state index contributed by atoms with van der Waals surface area (Å²) < 4.78 is 7.06. The third-order valence-electron chi connectivity index (χ3n) is 2.59. The van der Waals surface area contributed by atoms with E-state index in [1.54, 1.807) is 19.5 Å². The van der Waals surface area contributed by atoms with Crippen molar-refractivity contribution in [3.8, 4) is 0 Å². The number of guanidine groups is 1. The van der Waals surface area contributed by atoms with E-state index in [9.17, 15) is 0 Å². The average Bonchev–Trinajstić information content (AvgIpc) is 3.01. The van der Waals surface area contributed by atoms with Crippen LogP contribution in [0.3, 0.4) is 0 Å². The van der Waals surface area contributed by atoms with Crippen molar-refractivity contribution in [2.75, 3.05) is 7.05 Å². The van der Waals surface area contributed by atoms with E-state index in [1.807, 2.05) is 29.9 Å². The lowest BCUT2D eigenvalue weighted by Crippen LogP contribution is -2.36. The van der Waals surface area contributed by atoms with E-state index in [1.165, 1.54) is 0 Å². The number of aliphatic imine (C=N–C) groups is 1. The Hall–Kier alpha value is -2.24. The second kappa shape index (κ2) is 5.90. The molecule has 96 valence electrons. The summed E-state index contributed by atoms with van der Waals surface area (Å²) in [6.07, 6.45) is 3.43. The number of aryl methyl sites for hydroxylation is 1. The molecule has 2 N–H and O–H groups in total. The van der Waals surface area contributed by atoms with Crippen LogP contribution in [0.2, 0.25) is 0 Å². The highest BCUT2D eigenvalue weighted by Crippen LogP contribution is 1.98. The maximum atomic E-state index is 5.24. The summed E-state index contributed by atoms with van der Waals surface area (Å²) in [4.78, 5) is 4.14. The van der Waals surface area contributed by atoms with Crippen LogP contribution < -0.4 is 10.6 Å². The minimum Gasteiger partial charge on any atom is -0.467 e. The van der Waals surface area contributed by atoms with Crippen molar-refractivity contribution in [1.82, 2.24) is 20.4 Å². The second-order valence-electron chi connectivity index (χ2n) is 3.80. The zero-order chi connectivity index (χ0) is 12.8. The molecule has 2 rings (SSSR count). The van der Waals surface area contributed by atoms with Crippen molar-refractivity contribution in [3.63, 3.8) is 0 Å². The topological polar surface area (TPSA) is 67.4 Å². The van der Waals surface area contributed by atoms with E-state index in [2.05, 4.69) is 20.7 Å². The summed E-state index contributed by atoms with van der Waals surface area (Å²) in [5.41, 5.74) is 1.09. The fourth-order valence-corrected chi connectivity index (χ4v) is 1.55. The Kier molecular flexibility index (Phi) is 4.01. The standard InChI is InChI=1S/C12H17N5O/c1-13-12(15-9-11-4-3-7-18-11)14-8-10-5-6-16-17(10)2/h3-7H,8-9H2,1-2H3,(H2,13,14,15). The van der Waals surface area contributed by atoms with E-state index in [4.69, 9.17) is 4.42 Å². The number of aromatic nitrogens is 2. The van der Waals surface area contributed by atoms with Gasteiger partial charge in [0.25, 0.3) is 0 Å². The lowest BCUT2D eigenvalue weighted by molar-refractivity contribution is 0.501. The van der Waals surface area contributed by atoms with Crippen LogP contribution in [0.5, 0.6) is 0 Å². The van der Waals surface area contributed by atoms with E-state index in [0.717, 1.165) is 17.4 Å². The Morgan fingerprint density at radius 1 is 1.39 bits per heavy atom. The number of rotatable bonds is 4. The van der Waals surface area contributed by atoms with Gasteiger partial charge in [-0.15, -0.1) is 0 Å². The molecule has 0 spiro atoms. The van der Waals surface area contributed by atoms with Crippen LogP contribution in [0.15, 0.2) is 40.1 Å². The monoisotopic (exact) mass is 247 g/mol. The van der Waals surface area contributed by atoms with Crippen LogP contribution in [0.1, 0.15) is 11.5 Å². The van der Waals surface area contributed by atoms with Gasteiger partial charge in [0, 0.05) is 20.3 Å². The number of nitrogens with zero attached hydrogens (tertiary/aromatic N) is 3. The largest absolute Gasteiger partial charge is 0.467 e. The average molecular weight is 247 g/mol. The van der Waals surface area contributed by atoms with Gasteiger partial charge in [-0.2, -0.15) is 5.10 Å². The van der Waals surface area contributed by atoms with Gasteiger partial charge in [0.05, 0.1) is 25.0 Å². The normalized spacial score (nSPS) is 11.6. The van der Waals surface area contributed by atoms with E-state index < -0.39 is 0 Å². The maximum absolute atomic E-state index is 5.24. The third kappa shape index (κ3) is 3.13. The molecule has 0 aliphatic carbocycles. The molecule has 0 amide bonds. The summed E-state index contributed by atoms with van der Waals surface area (Å²) in [6.45, 7) is 1.28. The predicted octanol–water partition coefficient (Wildman–Crippen LogP) is 0.878. The predicted molar refractivity (Wildman–Crippen MR) is 69.0 cm³/mol. The fourth-order valence-electron chi connectivity index (χ4n) is 1.55. The van der Waals surface area contributed by atoms with Gasteiger partial charge in [-0.25, -0.2) is 0 Å². The van der Waals surface area contributed by atoms with Crippen LogP contribution in [-0.4, -0.2) is 22.8 Å². The zero-order valence-electron chi connectivity index (χ0n) is 10.6. The Bertz CT molecular complexity index is 500. The van der Waals surface area contributed by atoms with Crippen LogP contribution in [-0.2, 0) is 20.1 Å². The highest BCUT2D eigenvalue weighted by molar-refractivity contribution is 5.79. The molecule has 18 heavy (non-hydrogen) atoms. The van der Waals surface area contributed by atoms with Crippen molar-refractivity contribution in [2.24, 2.45) is 12.0 Å². The number of hydrogen-bond acceptors (Lipinski definition) is 3. The molecular weight excluding hydrogens is 230 g/mol. The van der Waals surface area contributed by atoms with Crippen molar-refractivity contribution in [2.45, 2.75) is 13.1 Å². The Balaban J connectivity index is 1.81. The van der Waals surface area contributed by atoms with Crippen LogP contribution in [0, 0.1) is 0 Å². The fraction of sp³-hybridized carbons (Fsp3) is 0.333. The van der Waals surface area contributed by atoms with Gasteiger partial charge in [-0.1, -0.05) is 0 Å². The Morgan fingerprint density at radius 3 is 2.83 bits per heavy atom. The molecule has 0 atom stereocenters. The minimum absolute atomic E-state index is 0.609. The molecule has 0 fully saturated rings. The summed E-state index contributed by atoms with van der Waals surface area (Å²) in [5.74, 6) is 1.60. The third-order valence-corrected chi connectivity index (χ3v) is 2.59. The van der Waals surface area contributed by atoms with Gasteiger partial charge in [0.1, 0.15) is 5.76 Å². The quantitative estimate of drug-likeness (QED) is 0.621. The summed E-state index contributed by atoms with van der Waals surface area (Å²) >= 11 is 0. The zero-order valence-corrected chi connectivity index (χ0v) is 10.6. The first-order valence-corrected chi connectivity index (χ1v) is 5.73.